The van der Waals surface area contributed by atoms with Crippen LogP contribution in [0.25, 0.3) is 0 Å². The second kappa shape index (κ2) is 30.2. The summed E-state index contributed by atoms with van der Waals surface area (Å²) in [4.78, 5) is 26.8. The highest BCUT2D eigenvalue weighted by atomic mass is 16.8. The van der Waals surface area contributed by atoms with Crippen molar-refractivity contribution >= 4 is 11.9 Å². The fraction of sp³-hybridized carbons (Fsp3) is 0.893. The van der Waals surface area contributed by atoms with E-state index in [0.29, 0.717) is 38.5 Å². The molecule has 5 aliphatic heterocycles. The summed E-state index contributed by atoms with van der Waals surface area (Å²) in [5.74, 6) is -3.55. The molecular formula is C56H89O30+. The van der Waals surface area contributed by atoms with Crippen molar-refractivity contribution < 1.29 is 149 Å². The fourth-order valence-electron chi connectivity index (χ4n) is 13.6. The second-order valence-corrected chi connectivity index (χ2v) is 24.7. The van der Waals surface area contributed by atoms with Crippen molar-refractivity contribution in [1.29, 1.82) is 0 Å². The average Bonchev–Trinajstić information content (AvgIpc) is 1.38. The number of rotatable bonds is 18. The Labute approximate surface area is 494 Å². The number of hydrogen-bond acceptors (Lipinski definition) is 29. The smallest absolute Gasteiger partial charge is 0.330 e. The highest BCUT2D eigenvalue weighted by Crippen LogP contribution is 2.45. The number of allylic oxidation sites excluding steroid dienone is 2. The highest BCUT2D eigenvalue weighted by Gasteiger charge is 2.58. The quantitative estimate of drug-likeness (QED) is 0.0344. The highest BCUT2D eigenvalue weighted by molar-refractivity contribution is 5.82. The minimum Gasteiger partial charge on any atom is -0.460 e. The van der Waals surface area contributed by atoms with Gasteiger partial charge in [-0.05, 0) is 82.5 Å². The van der Waals surface area contributed by atoms with Crippen LogP contribution < -0.4 is 0 Å². The van der Waals surface area contributed by atoms with Crippen LogP contribution in [-0.4, -0.2) is 308 Å². The van der Waals surface area contributed by atoms with E-state index in [2.05, 4.69) is 0 Å². The standard InChI is InChI=1S/C56H88O30/c57-18-36-42(68)45(71)48(74)53(82-36)78-26-7-1-22(2-8-26)4-11-39(65)76-21-38-44(70)47(73)52(86-55-51(41(67)32(64)20-77-55)85-40(66)12-5-23-3-9-28(60)30(62)13-23)56(84-38)81-35-17-27-33(79-50(35)24-6-10-29(61)31(63)14-24)15-25(59)16-34(27)80-54-49(75)46(72)43(69)37(19-58)83-54/h4-5,11-12,22-38,41-64,67-75H,1-3,6-10,13-21H2/p+1/t22?,23?,24?,25?,26?,27?,28?,29?,30?,31?,32-,33?,34?,35?,36-,37-,38-,41+,42-,43-,44-,45+,46+,47+,48-,49-,50?,51-,52-,53-,54-,55+,56-/m1/s1. The molecule has 0 aromatic heterocycles. The minimum absolute atomic E-state index is 0.00531. The average molecular weight is 1240 g/mol. The number of hydrogen-bond donors (Lipinski definition) is 17. The summed E-state index contributed by atoms with van der Waals surface area (Å²) in [5, 5.41) is 181. The third kappa shape index (κ3) is 16.0. The topological polar surface area (TPSA) is 483 Å². The number of carbonyl (C=O) groups is 2. The summed E-state index contributed by atoms with van der Waals surface area (Å²) in [7, 11) is 0. The first-order valence-corrected chi connectivity index (χ1v) is 30.1. The van der Waals surface area contributed by atoms with Crippen molar-refractivity contribution in [2.45, 2.75) is 261 Å². The molecule has 18 N–H and O–H groups in total. The molecule has 86 heavy (non-hydrogen) atoms. The van der Waals surface area contributed by atoms with E-state index < -0.39 is 228 Å². The van der Waals surface area contributed by atoms with E-state index in [4.69, 9.17) is 52.1 Å². The molecule has 492 valence electrons. The molecule has 0 amide bonds. The maximum absolute atomic E-state index is 13.4. The Morgan fingerprint density at radius 1 is 0.465 bits per heavy atom. The molecule has 0 spiro atoms. The normalized spacial score (nSPS) is 49.7. The Bertz CT molecular complexity index is 2200. The molecule has 30 nitrogen and oxygen atoms in total. The van der Waals surface area contributed by atoms with Crippen LogP contribution in [0, 0.1) is 23.7 Å². The number of ether oxygens (including phenoxy) is 11. The molecule has 0 radical (unpaired) electrons. The lowest BCUT2D eigenvalue weighted by Gasteiger charge is -2.50. The van der Waals surface area contributed by atoms with E-state index in [1.54, 1.807) is 6.08 Å². The summed E-state index contributed by atoms with van der Waals surface area (Å²) < 4.78 is 65.1. The van der Waals surface area contributed by atoms with Gasteiger partial charge in [-0.2, -0.15) is 0 Å². The van der Waals surface area contributed by atoms with Crippen LogP contribution in [0.2, 0.25) is 0 Å². The van der Waals surface area contributed by atoms with Gasteiger partial charge in [0.25, 0.3) is 0 Å². The molecule has 9 rings (SSSR count). The monoisotopic (exact) mass is 1240 g/mol. The Kier molecular flexibility index (Phi) is 23.8. The summed E-state index contributed by atoms with van der Waals surface area (Å²) in [5.41, 5.74) is 0. The Hall–Kier alpha value is -2.62. The van der Waals surface area contributed by atoms with Gasteiger partial charge < -0.3 is 139 Å². The first kappa shape index (κ1) is 67.8. The molecule has 12 unspecified atom stereocenters. The third-order valence-electron chi connectivity index (χ3n) is 18.7. The third-order valence-corrected chi connectivity index (χ3v) is 18.7. The molecule has 9 fully saturated rings. The Balaban J connectivity index is 0.935. The summed E-state index contributed by atoms with van der Waals surface area (Å²) in [6.07, 6.45) is -32.2. The lowest BCUT2D eigenvalue weighted by atomic mass is 9.72. The van der Waals surface area contributed by atoms with Crippen LogP contribution in [0.15, 0.2) is 24.3 Å². The lowest BCUT2D eigenvalue weighted by Crippen LogP contribution is -2.66. The molecule has 9 aliphatic rings. The van der Waals surface area contributed by atoms with Crippen molar-refractivity contribution in [3.05, 3.63) is 24.3 Å². The molecule has 0 aromatic rings. The SMILES string of the molecule is O=C(C=CC1CCC(O[C@@H]2O[C@H](CO)[C@@H](O)[C@H](O)[C@H]2O)CC1)OC[C@H]1O[C@@H](OC2CC3C(O[C@@H]4O[C@H](CO)[C@@H](O)[C@H](O)[C@H]4O)CC(O)CC3[OH+]C2C2CCC(O)C(O)C2)[C@H](O[C@@H]2OC[C@@H](O)[C@H](O)[C@H]2OC(=O)C=CC2CCC(O)C(O)C2)[C@@H](O)[C@@H]1O. The molecular weight excluding hydrogens is 1150 g/mol. The van der Waals surface area contributed by atoms with Gasteiger partial charge in [0, 0.05) is 30.9 Å². The molecule has 0 bridgehead atoms. The van der Waals surface area contributed by atoms with E-state index in [9.17, 15) is 96.4 Å². The van der Waals surface area contributed by atoms with E-state index in [-0.39, 0.29) is 56.8 Å². The van der Waals surface area contributed by atoms with Crippen LogP contribution in [0.3, 0.4) is 0 Å². The fourth-order valence-corrected chi connectivity index (χ4v) is 13.6. The zero-order valence-electron chi connectivity index (χ0n) is 47.3. The van der Waals surface area contributed by atoms with Crippen molar-refractivity contribution in [3.8, 4) is 0 Å². The molecule has 5 saturated heterocycles. The van der Waals surface area contributed by atoms with Gasteiger partial charge in [0.2, 0.25) is 0 Å². The Morgan fingerprint density at radius 3 is 1.67 bits per heavy atom. The summed E-state index contributed by atoms with van der Waals surface area (Å²) >= 11 is 0. The number of esters is 2. The van der Waals surface area contributed by atoms with E-state index in [1.165, 1.54) is 12.2 Å². The molecule has 31 atom stereocenters. The number of carbonyl (C=O) groups excluding carboxylic acids is 2. The van der Waals surface area contributed by atoms with Crippen molar-refractivity contribution in [1.82, 2.24) is 0 Å². The molecule has 5 heterocycles. The number of aliphatic hydroxyl groups excluding tert-OH is 17. The van der Waals surface area contributed by atoms with E-state index in [1.807, 2.05) is 0 Å². The second-order valence-electron chi connectivity index (χ2n) is 24.7. The molecule has 4 saturated carbocycles. The maximum Gasteiger partial charge on any atom is 0.330 e. The number of aliphatic hydroxyl groups is 19. The van der Waals surface area contributed by atoms with Crippen LogP contribution in [0.4, 0.5) is 0 Å². The van der Waals surface area contributed by atoms with Gasteiger partial charge in [-0.25, -0.2) is 9.59 Å². The van der Waals surface area contributed by atoms with Crippen molar-refractivity contribution in [2.24, 2.45) is 23.7 Å². The largest absolute Gasteiger partial charge is 0.460 e. The first-order valence-electron chi connectivity index (χ1n) is 30.1. The van der Waals surface area contributed by atoms with Gasteiger partial charge in [0.15, 0.2) is 43.5 Å². The van der Waals surface area contributed by atoms with Gasteiger partial charge in [0.1, 0.15) is 98.2 Å². The Morgan fingerprint density at radius 2 is 1.03 bits per heavy atom. The minimum atomic E-state index is -2.02. The van der Waals surface area contributed by atoms with Gasteiger partial charge in [0.05, 0.1) is 68.5 Å². The predicted octanol–water partition coefficient (Wildman–Crippen LogP) is -7.11. The van der Waals surface area contributed by atoms with E-state index in [0.717, 1.165) is 6.08 Å². The van der Waals surface area contributed by atoms with Gasteiger partial charge in [-0.1, -0.05) is 12.2 Å². The van der Waals surface area contributed by atoms with Crippen molar-refractivity contribution in [2.75, 3.05) is 26.4 Å². The van der Waals surface area contributed by atoms with Crippen LogP contribution in [0.5, 0.6) is 0 Å². The molecule has 4 aliphatic carbocycles. The zero-order chi connectivity index (χ0) is 61.8. The van der Waals surface area contributed by atoms with Crippen LogP contribution >= 0.6 is 0 Å². The van der Waals surface area contributed by atoms with Gasteiger partial charge in [-0.15, -0.1) is 0 Å². The van der Waals surface area contributed by atoms with Gasteiger partial charge in [-0.3, -0.25) is 0 Å². The van der Waals surface area contributed by atoms with Crippen LogP contribution in [-0.2, 0) is 57.0 Å². The summed E-state index contributed by atoms with van der Waals surface area (Å²) in [6.45, 7) is -2.63. The molecule has 30 heteroatoms. The van der Waals surface area contributed by atoms with E-state index >= 15 is 0 Å². The maximum atomic E-state index is 13.4. The number of fused-ring (bicyclic) bond motifs is 1. The zero-order valence-corrected chi connectivity index (χ0v) is 47.3. The molecule has 0 aromatic carbocycles. The first-order chi connectivity index (χ1) is 41.0. The van der Waals surface area contributed by atoms with Crippen LogP contribution in [0.1, 0.15) is 83.5 Å². The van der Waals surface area contributed by atoms with Gasteiger partial charge >= 0.3 is 11.9 Å². The predicted molar refractivity (Wildman–Crippen MR) is 282 cm³/mol. The van der Waals surface area contributed by atoms with Crippen molar-refractivity contribution in [3.63, 3.8) is 0 Å². The lowest BCUT2D eigenvalue weighted by molar-refractivity contribution is -0.385. The summed E-state index contributed by atoms with van der Waals surface area (Å²) in [6, 6.07) is 0.